The van der Waals surface area contributed by atoms with E-state index < -0.39 is 53.3 Å². The van der Waals surface area contributed by atoms with E-state index in [0.717, 1.165) is 28.2 Å². The molecule has 4 unspecified atom stereocenters. The maximum Gasteiger partial charge on any atom is 0.382 e. The first-order valence-electron chi connectivity index (χ1n) is 18.9. The maximum absolute atomic E-state index is 14.0. The molecule has 0 spiro atoms. The number of pyridine rings is 1. The molecule has 3 aromatic rings. The highest BCUT2D eigenvalue weighted by atomic mass is 16.7. The maximum atomic E-state index is 14.0. The number of nitrogens with zero attached hydrogens (tertiary/aromatic N) is 5. The highest BCUT2D eigenvalue weighted by Gasteiger charge is 2.38. The lowest BCUT2D eigenvalue weighted by Crippen LogP contribution is -2.62. The van der Waals surface area contributed by atoms with E-state index in [1.54, 1.807) is 12.1 Å². The number of hydrogen-bond acceptors (Lipinski definition) is 11. The SMILES string of the molecule is CC(C)(C)NC(=O)C1CN(Cc2cccc(C(=O)ON3C(=O)CCC3=O)n2)CCN1CC(O)CC(Cc1ccccc1)C(=O)N(O)C1CCc2ccccc21. The zero-order valence-corrected chi connectivity index (χ0v) is 31.6. The van der Waals surface area contributed by atoms with Crippen LogP contribution in [0.4, 0.5) is 0 Å². The zero-order chi connectivity index (χ0) is 39.3. The van der Waals surface area contributed by atoms with Crippen molar-refractivity contribution in [2.45, 2.75) is 89.6 Å². The third-order valence-electron chi connectivity index (χ3n) is 10.3. The summed E-state index contributed by atoms with van der Waals surface area (Å²) < 4.78 is 0. The summed E-state index contributed by atoms with van der Waals surface area (Å²) in [5, 5.41) is 27.4. The van der Waals surface area contributed by atoms with Crippen LogP contribution in [0.2, 0.25) is 0 Å². The molecule has 2 aromatic carbocycles. The van der Waals surface area contributed by atoms with Crippen LogP contribution in [-0.2, 0) is 43.4 Å². The van der Waals surface area contributed by atoms with Crippen molar-refractivity contribution >= 4 is 29.6 Å². The molecule has 2 aliphatic heterocycles. The van der Waals surface area contributed by atoms with Gasteiger partial charge in [-0.2, -0.15) is 0 Å². The van der Waals surface area contributed by atoms with Gasteiger partial charge in [0.25, 0.3) is 11.8 Å². The van der Waals surface area contributed by atoms with Gasteiger partial charge in [0.15, 0.2) is 5.69 Å². The van der Waals surface area contributed by atoms with Crippen molar-refractivity contribution in [3.8, 4) is 0 Å². The summed E-state index contributed by atoms with van der Waals surface area (Å²) in [5.74, 6) is -3.47. The Morgan fingerprint density at radius 2 is 1.65 bits per heavy atom. The molecule has 0 radical (unpaired) electrons. The molecule has 2 fully saturated rings. The number of piperazine rings is 1. The van der Waals surface area contributed by atoms with Crippen molar-refractivity contribution in [2.75, 3.05) is 26.2 Å². The lowest BCUT2D eigenvalue weighted by Gasteiger charge is -2.42. The molecule has 2 saturated heterocycles. The standard InChI is InChI=1S/C41H50N6O8/c1-41(2,3)43-38(51)35-26-44(24-30-13-9-15-33(42-30)40(53)55-47-36(49)18-19-37(47)50)20-21-45(35)25-31(48)23-29(22-27-10-5-4-6-11-27)39(52)46(54)34-17-16-28-12-7-8-14-32(28)34/h4-15,29,31,34-35,48,54H,16-26H2,1-3H3,(H,43,51). The van der Waals surface area contributed by atoms with E-state index in [9.17, 15) is 34.3 Å². The number of fused-ring (bicyclic) bond motifs is 1. The van der Waals surface area contributed by atoms with Gasteiger partial charge in [-0.25, -0.2) is 14.8 Å². The molecule has 6 rings (SSSR count). The van der Waals surface area contributed by atoms with Crippen LogP contribution in [0, 0.1) is 5.92 Å². The Morgan fingerprint density at radius 1 is 0.945 bits per heavy atom. The van der Waals surface area contributed by atoms with Crippen LogP contribution in [0.15, 0.2) is 72.8 Å². The van der Waals surface area contributed by atoms with Gasteiger partial charge < -0.3 is 15.3 Å². The fraction of sp³-hybridized carbons (Fsp3) is 0.463. The number of hydroxylamine groups is 4. The first kappa shape index (κ1) is 39.7. The summed E-state index contributed by atoms with van der Waals surface area (Å²) in [6.45, 7) is 7.32. The Kier molecular flexibility index (Phi) is 12.4. The zero-order valence-electron chi connectivity index (χ0n) is 31.6. The smallest absolute Gasteiger partial charge is 0.382 e. The lowest BCUT2D eigenvalue weighted by molar-refractivity contribution is -0.182. The third-order valence-corrected chi connectivity index (χ3v) is 10.3. The van der Waals surface area contributed by atoms with Crippen LogP contribution in [0.25, 0.3) is 0 Å². The number of aromatic nitrogens is 1. The van der Waals surface area contributed by atoms with E-state index in [1.807, 2.05) is 85.2 Å². The van der Waals surface area contributed by atoms with E-state index in [2.05, 4.69) is 10.3 Å². The van der Waals surface area contributed by atoms with Gasteiger partial charge in [0.05, 0.1) is 17.8 Å². The van der Waals surface area contributed by atoms with Gasteiger partial charge >= 0.3 is 5.97 Å². The molecular formula is C41H50N6O8. The molecule has 292 valence electrons. The molecule has 14 heteroatoms. The summed E-state index contributed by atoms with van der Waals surface area (Å²) in [4.78, 5) is 77.9. The number of benzene rings is 2. The molecule has 1 aromatic heterocycles. The Hall–Kier alpha value is -5.02. The number of carbonyl (C=O) groups is 5. The highest BCUT2D eigenvalue weighted by molar-refractivity contribution is 6.02. The number of rotatable bonds is 13. The van der Waals surface area contributed by atoms with Crippen LogP contribution in [-0.4, -0.2) is 109 Å². The molecule has 14 nitrogen and oxygen atoms in total. The molecule has 4 amide bonds. The molecule has 3 N–H and O–H groups in total. The second kappa shape index (κ2) is 17.2. The minimum atomic E-state index is -0.989. The first-order chi connectivity index (χ1) is 26.3. The minimum Gasteiger partial charge on any atom is -0.392 e. The van der Waals surface area contributed by atoms with E-state index in [0.29, 0.717) is 49.8 Å². The minimum absolute atomic E-state index is 0.0178. The molecule has 1 aliphatic carbocycles. The molecule has 0 bridgehead atoms. The van der Waals surface area contributed by atoms with Gasteiger partial charge in [-0.1, -0.05) is 60.7 Å². The van der Waals surface area contributed by atoms with Crippen molar-refractivity contribution in [1.82, 2.24) is 30.2 Å². The fourth-order valence-electron chi connectivity index (χ4n) is 7.61. The number of nitrogens with one attached hydrogen (secondary N) is 1. The van der Waals surface area contributed by atoms with Crippen molar-refractivity contribution in [3.63, 3.8) is 0 Å². The topological polar surface area (TPSA) is 173 Å². The number of hydrogen-bond donors (Lipinski definition) is 3. The number of amides is 4. The third kappa shape index (κ3) is 10.00. The van der Waals surface area contributed by atoms with Crippen LogP contribution in [0.5, 0.6) is 0 Å². The number of aliphatic hydroxyl groups is 1. The van der Waals surface area contributed by atoms with Crippen LogP contribution < -0.4 is 5.32 Å². The second-order valence-corrected chi connectivity index (χ2v) is 15.7. The fourth-order valence-corrected chi connectivity index (χ4v) is 7.61. The normalized spacial score (nSPS) is 20.2. The molecular weight excluding hydrogens is 704 g/mol. The van der Waals surface area contributed by atoms with Gasteiger partial charge in [0, 0.05) is 57.0 Å². The number of β-amino-alcohol motifs (C(OH)–C–C–N with tert-alkyl or cyclic N) is 1. The van der Waals surface area contributed by atoms with Gasteiger partial charge in [-0.15, -0.1) is 5.06 Å². The second-order valence-electron chi connectivity index (χ2n) is 15.7. The number of imide groups is 1. The van der Waals surface area contributed by atoms with E-state index in [4.69, 9.17) is 4.84 Å². The summed E-state index contributed by atoms with van der Waals surface area (Å²) in [6, 6.07) is 21.0. The van der Waals surface area contributed by atoms with E-state index in [-0.39, 0.29) is 37.4 Å². The van der Waals surface area contributed by atoms with Gasteiger partial charge in [0.2, 0.25) is 11.8 Å². The quantitative estimate of drug-likeness (QED) is 0.133. The number of aliphatic hydroxyl groups excluding tert-OH is 1. The van der Waals surface area contributed by atoms with Gasteiger partial charge in [-0.3, -0.25) is 34.2 Å². The summed E-state index contributed by atoms with van der Waals surface area (Å²) in [5.41, 5.74) is 2.89. The predicted molar refractivity (Wildman–Crippen MR) is 200 cm³/mol. The van der Waals surface area contributed by atoms with E-state index in [1.165, 1.54) is 6.07 Å². The lowest BCUT2D eigenvalue weighted by atomic mass is 9.91. The summed E-state index contributed by atoms with van der Waals surface area (Å²) in [6.07, 6.45) is 0.756. The van der Waals surface area contributed by atoms with Crippen LogP contribution in [0.3, 0.4) is 0 Å². The highest BCUT2D eigenvalue weighted by Crippen LogP contribution is 2.36. The van der Waals surface area contributed by atoms with Gasteiger partial charge in [0.1, 0.15) is 6.04 Å². The van der Waals surface area contributed by atoms with Crippen molar-refractivity contribution in [3.05, 3.63) is 101 Å². The molecule has 0 saturated carbocycles. The van der Waals surface area contributed by atoms with E-state index >= 15 is 0 Å². The molecule has 4 atom stereocenters. The molecule has 3 aliphatic rings. The van der Waals surface area contributed by atoms with Gasteiger partial charge in [-0.05, 0) is 75.3 Å². The van der Waals surface area contributed by atoms with Crippen LogP contribution in [0.1, 0.15) is 85.4 Å². The summed E-state index contributed by atoms with van der Waals surface area (Å²) >= 11 is 0. The van der Waals surface area contributed by atoms with Crippen LogP contribution >= 0.6 is 0 Å². The first-order valence-corrected chi connectivity index (χ1v) is 18.9. The number of aryl methyl sites for hydroxylation is 1. The van der Waals surface area contributed by atoms with Crippen molar-refractivity contribution in [2.24, 2.45) is 5.92 Å². The average molecular weight is 755 g/mol. The Morgan fingerprint density at radius 3 is 2.38 bits per heavy atom. The molecule has 55 heavy (non-hydrogen) atoms. The van der Waals surface area contributed by atoms with Crippen molar-refractivity contribution in [1.29, 1.82) is 0 Å². The predicted octanol–water partition coefficient (Wildman–Crippen LogP) is 3.22. The summed E-state index contributed by atoms with van der Waals surface area (Å²) in [7, 11) is 0. The largest absolute Gasteiger partial charge is 0.392 e. The average Bonchev–Trinajstić information content (AvgIpc) is 3.73. The Labute approximate surface area is 321 Å². The number of carbonyl (C=O) groups excluding carboxylic acids is 5. The molecule has 3 heterocycles. The monoisotopic (exact) mass is 754 g/mol. The Bertz CT molecular complexity index is 1870. The van der Waals surface area contributed by atoms with Crippen molar-refractivity contribution < 1.29 is 39.1 Å². The Balaban J connectivity index is 1.14.